The molecule has 0 aliphatic rings. The molecule has 0 saturated heterocycles. The van der Waals surface area contributed by atoms with E-state index in [0.717, 1.165) is 12.1 Å². The molecule has 13 heteroatoms. The molecule has 132 valence electrons. The van der Waals surface area contributed by atoms with Gasteiger partial charge >= 0.3 is 48.9 Å². The molecule has 0 N–H and O–H groups in total. The van der Waals surface area contributed by atoms with Crippen LogP contribution in [0.1, 0.15) is 0 Å². The fourth-order valence-corrected chi connectivity index (χ4v) is 3.78. The van der Waals surface area contributed by atoms with Crippen molar-refractivity contribution in [3.8, 4) is 0 Å². The fourth-order valence-electron chi connectivity index (χ4n) is 1.35. The molecule has 0 radical (unpaired) electrons. The van der Waals surface area contributed by atoms with E-state index in [2.05, 4.69) is 0 Å². The largest absolute Gasteiger partial charge is 2.00 e. The van der Waals surface area contributed by atoms with Gasteiger partial charge in [0.2, 0.25) is 0 Å². The minimum absolute atomic E-state index is 0. The van der Waals surface area contributed by atoms with E-state index in [1.54, 1.807) is 0 Å². The van der Waals surface area contributed by atoms with E-state index >= 15 is 0 Å². The molecule has 0 heterocycles. The molecule has 6 nitrogen and oxygen atoms in total. The zero-order valence-corrected chi connectivity index (χ0v) is 21.0. The molecule has 25 heavy (non-hydrogen) atoms. The Morgan fingerprint density at radius 2 is 0.920 bits per heavy atom. The number of hydrogen-bond acceptors (Lipinski definition) is 6. The Morgan fingerprint density at radius 1 is 0.640 bits per heavy atom. The molecule has 0 atom stereocenters. The van der Waals surface area contributed by atoms with Crippen LogP contribution in [0.3, 0.4) is 0 Å². The molecule has 0 bridgehead atoms. The predicted octanol–water partition coefficient (Wildman–Crippen LogP) is 3.41. The van der Waals surface area contributed by atoms with Crippen LogP contribution in [0.25, 0.3) is 0 Å². The topological polar surface area (TPSA) is 114 Å². The van der Waals surface area contributed by atoms with E-state index in [0.29, 0.717) is 0 Å². The van der Waals surface area contributed by atoms with E-state index < -0.39 is 30.0 Å². The van der Waals surface area contributed by atoms with E-state index in [9.17, 15) is 25.9 Å². The fraction of sp³-hybridized carbons (Fsp3) is 0. The molecular formula is C12H6BaCl4O6S2. The van der Waals surface area contributed by atoms with Crippen molar-refractivity contribution < 1.29 is 25.9 Å². The summed E-state index contributed by atoms with van der Waals surface area (Å²) in [7, 11) is -9.04. The maximum absolute atomic E-state index is 10.5. The maximum Gasteiger partial charge on any atom is 2.00 e. The summed E-state index contributed by atoms with van der Waals surface area (Å²) in [4.78, 5) is -0.978. The van der Waals surface area contributed by atoms with Crippen LogP contribution in [0.5, 0.6) is 0 Å². The molecule has 0 saturated carbocycles. The quantitative estimate of drug-likeness (QED) is 0.392. The van der Waals surface area contributed by atoms with Crippen LogP contribution < -0.4 is 0 Å². The van der Waals surface area contributed by atoms with Crippen LogP contribution in [0.4, 0.5) is 0 Å². The summed E-state index contributed by atoms with van der Waals surface area (Å²) in [5.74, 6) is 0. The minimum Gasteiger partial charge on any atom is -0.744 e. The summed E-state index contributed by atoms with van der Waals surface area (Å²) >= 11 is 21.9. The standard InChI is InChI=1S/2C6H4Cl2O3S.Ba/c2*7-4-2-1-3-5(6(4)8)12(9,10)11;/h2*1-3H,(H,9,10,11);/q;;+2/p-2. The summed E-state index contributed by atoms with van der Waals surface area (Å²) < 4.78 is 63.0. The Bertz CT molecular complexity index is 884. The average molecular weight is 589 g/mol. The van der Waals surface area contributed by atoms with E-state index in [-0.39, 0.29) is 69.0 Å². The first-order valence-corrected chi connectivity index (χ1v) is 9.98. The van der Waals surface area contributed by atoms with Crippen molar-refractivity contribution in [2.24, 2.45) is 0 Å². The van der Waals surface area contributed by atoms with Gasteiger partial charge in [0.1, 0.15) is 20.2 Å². The molecule has 2 aromatic carbocycles. The number of halogens is 4. The molecule has 0 aliphatic heterocycles. The van der Waals surface area contributed by atoms with Gasteiger partial charge in [0.25, 0.3) is 0 Å². The molecule has 2 rings (SSSR count). The smallest absolute Gasteiger partial charge is 0.744 e. The molecule has 2 aromatic rings. The van der Waals surface area contributed by atoms with Crippen LogP contribution in [-0.2, 0) is 20.2 Å². The van der Waals surface area contributed by atoms with Crippen molar-refractivity contribution in [1.29, 1.82) is 0 Å². The first-order chi connectivity index (χ1) is 10.9. The summed E-state index contributed by atoms with van der Waals surface area (Å²) in [6.07, 6.45) is 0. The van der Waals surface area contributed by atoms with Crippen LogP contribution in [0.15, 0.2) is 46.2 Å². The number of benzene rings is 2. The van der Waals surface area contributed by atoms with Gasteiger partial charge < -0.3 is 9.11 Å². The van der Waals surface area contributed by atoms with Gasteiger partial charge in [-0.15, -0.1) is 0 Å². The van der Waals surface area contributed by atoms with Crippen molar-refractivity contribution in [2.45, 2.75) is 9.79 Å². The Morgan fingerprint density at radius 3 is 1.12 bits per heavy atom. The zero-order valence-electron chi connectivity index (χ0n) is 11.9. The van der Waals surface area contributed by atoms with Gasteiger partial charge in [-0.25, -0.2) is 16.8 Å². The first kappa shape index (κ1) is 26.0. The number of hydrogen-bond donors (Lipinski definition) is 0. The SMILES string of the molecule is O=S(=O)([O-])c1cccc(Cl)c1Cl.O=S(=O)([O-])c1cccc(Cl)c1Cl.[Ba+2]. The molecule has 0 unspecified atom stereocenters. The van der Waals surface area contributed by atoms with Crippen LogP contribution >= 0.6 is 46.4 Å². The van der Waals surface area contributed by atoms with E-state index in [4.69, 9.17) is 46.4 Å². The zero-order chi connectivity index (χ0) is 18.7. The molecule has 0 aliphatic carbocycles. The van der Waals surface area contributed by atoms with Crippen molar-refractivity contribution in [2.75, 3.05) is 0 Å². The summed E-state index contributed by atoms with van der Waals surface area (Å²) in [5.41, 5.74) is 0. The van der Waals surface area contributed by atoms with E-state index in [1.165, 1.54) is 24.3 Å². The molecule has 0 aromatic heterocycles. The van der Waals surface area contributed by atoms with Crippen molar-refractivity contribution in [1.82, 2.24) is 0 Å². The third-order valence-electron chi connectivity index (χ3n) is 2.37. The van der Waals surface area contributed by atoms with Crippen molar-refractivity contribution in [3.63, 3.8) is 0 Å². The Kier molecular flexibility index (Phi) is 10.9. The van der Waals surface area contributed by atoms with Gasteiger partial charge in [-0.3, -0.25) is 0 Å². The summed E-state index contributed by atoms with van der Waals surface area (Å²) in [5, 5.41) is -0.356. The van der Waals surface area contributed by atoms with E-state index in [1.807, 2.05) is 0 Å². The molecule has 0 fully saturated rings. The molecule has 0 spiro atoms. The average Bonchev–Trinajstić information content (AvgIpc) is 2.43. The maximum atomic E-state index is 10.5. The third kappa shape index (κ3) is 7.86. The third-order valence-corrected chi connectivity index (χ3v) is 5.99. The Labute approximate surface area is 205 Å². The second kappa shape index (κ2) is 10.5. The van der Waals surface area contributed by atoms with Gasteiger partial charge in [-0.05, 0) is 24.3 Å². The van der Waals surface area contributed by atoms with Gasteiger partial charge in [-0.1, -0.05) is 58.5 Å². The van der Waals surface area contributed by atoms with Gasteiger partial charge in [0, 0.05) is 0 Å². The molecule has 0 amide bonds. The second-order valence-electron chi connectivity index (χ2n) is 4.01. The predicted molar refractivity (Wildman–Crippen MR) is 94.6 cm³/mol. The summed E-state index contributed by atoms with van der Waals surface area (Å²) in [6, 6.07) is 7.71. The number of rotatable bonds is 2. The minimum atomic E-state index is -4.52. The summed E-state index contributed by atoms with van der Waals surface area (Å²) in [6.45, 7) is 0. The van der Waals surface area contributed by atoms with Crippen LogP contribution in [0.2, 0.25) is 20.1 Å². The monoisotopic (exact) mass is 588 g/mol. The Balaban J connectivity index is 0.000000443. The van der Waals surface area contributed by atoms with Gasteiger partial charge in [0.05, 0.1) is 29.9 Å². The Hall–Kier alpha value is 0.991. The first-order valence-electron chi connectivity index (χ1n) is 5.65. The van der Waals surface area contributed by atoms with Crippen LogP contribution in [0, 0.1) is 0 Å². The van der Waals surface area contributed by atoms with Gasteiger partial charge in [0.15, 0.2) is 0 Å². The second-order valence-corrected chi connectivity index (χ2v) is 8.28. The van der Waals surface area contributed by atoms with Gasteiger partial charge in [-0.2, -0.15) is 0 Å². The van der Waals surface area contributed by atoms with Crippen molar-refractivity contribution in [3.05, 3.63) is 56.5 Å². The normalized spacial score (nSPS) is 11.1. The van der Waals surface area contributed by atoms with Crippen molar-refractivity contribution >= 4 is 116 Å². The van der Waals surface area contributed by atoms with Crippen LogP contribution in [-0.4, -0.2) is 74.8 Å². The molecular weight excluding hydrogens is 583 g/mol.